The minimum Gasteiger partial charge on any atom is -0.780 e. The molecule has 0 heterocycles. The first-order valence-electron chi connectivity index (χ1n) is 0.667. The third-order valence-corrected chi connectivity index (χ3v) is 0. The summed E-state index contributed by atoms with van der Waals surface area (Å²) >= 11 is 3.24. The summed E-state index contributed by atoms with van der Waals surface area (Å²) in [5.41, 5.74) is 0. The first-order valence-corrected chi connectivity index (χ1v) is 3.00. The van der Waals surface area contributed by atoms with Crippen molar-refractivity contribution in [3.63, 3.8) is 0 Å². The average molecular weight is 188 g/mol. The predicted molar refractivity (Wildman–Crippen MR) is 22.1 cm³/mol. The van der Waals surface area contributed by atoms with Crippen LogP contribution in [0.25, 0.3) is 0 Å². The fourth-order valence-electron chi connectivity index (χ4n) is 0. The molecule has 0 atom stereocenters. The van der Waals surface area contributed by atoms with Crippen molar-refractivity contribution in [3.8, 4) is 0 Å². The molecule has 3 N–H and O–H groups in total. The minimum absolute atomic E-state index is 0. The van der Waals surface area contributed by atoms with E-state index in [1.807, 2.05) is 0 Å². The van der Waals surface area contributed by atoms with Crippen LogP contribution in [0.2, 0.25) is 0 Å². The molecule has 0 aliphatic heterocycles. The largest absolute Gasteiger partial charge is 2.00 e. The van der Waals surface area contributed by atoms with E-state index in [1.165, 1.54) is 0 Å². The Morgan fingerprint density at radius 1 is 1.43 bits per heavy atom. The van der Waals surface area contributed by atoms with Gasteiger partial charge < -0.3 is 15.3 Å². The summed E-state index contributed by atoms with van der Waals surface area (Å²) < 4.78 is 26.7. The zero-order chi connectivity index (χ0) is 4.50. The van der Waals surface area contributed by atoms with Gasteiger partial charge in [-0.25, -0.2) is 0 Å². The van der Waals surface area contributed by atoms with Gasteiger partial charge in [0.2, 0.25) is 0 Å². The Morgan fingerprint density at radius 2 is 1.43 bits per heavy atom. The Labute approximate surface area is 56.8 Å². The van der Waals surface area contributed by atoms with Gasteiger partial charge >= 0.3 is 16.8 Å². The Balaban J connectivity index is -0.0000000800. The standard InChI is InChI=1S/Co.H3N.H2O3S2/c;;1-5(2,3)4/h;1H3;(H2,1,2,3,4)/q+2;;/p-2. The monoisotopic (exact) mass is 188 g/mol. The Morgan fingerprint density at radius 3 is 1.43 bits per heavy atom. The van der Waals surface area contributed by atoms with Crippen molar-refractivity contribution in [1.29, 1.82) is 0 Å². The van der Waals surface area contributed by atoms with Crippen LogP contribution in [0.3, 0.4) is 0 Å². The van der Waals surface area contributed by atoms with Crippen LogP contribution < -0.4 is 6.15 Å². The zero-order valence-corrected chi connectivity index (χ0v) is 5.76. The molecule has 0 spiro atoms. The molecular weight excluding hydrogens is 185 g/mol. The van der Waals surface area contributed by atoms with E-state index in [0.717, 1.165) is 0 Å². The molecule has 7 heteroatoms. The van der Waals surface area contributed by atoms with E-state index in [0.29, 0.717) is 0 Å². The van der Waals surface area contributed by atoms with Gasteiger partial charge in [0, 0.05) is 0 Å². The molecule has 0 rings (SSSR count). The SMILES string of the molecule is N.O=S([O-])([O-])=S.[Co+2]. The molecule has 0 bridgehead atoms. The van der Waals surface area contributed by atoms with Crippen LogP contribution in [0.5, 0.6) is 0 Å². The van der Waals surface area contributed by atoms with Crippen LogP contribution in [0.15, 0.2) is 0 Å². The summed E-state index contributed by atoms with van der Waals surface area (Å²) in [4.78, 5) is 0. The minimum atomic E-state index is -4.33. The molecule has 0 fully saturated rings. The van der Waals surface area contributed by atoms with Crippen molar-refractivity contribution in [1.82, 2.24) is 6.15 Å². The van der Waals surface area contributed by atoms with Crippen LogP contribution >= 0.6 is 0 Å². The molecule has 7 heavy (non-hydrogen) atoms. The molecule has 0 aliphatic carbocycles. The second-order valence-corrected chi connectivity index (χ2v) is 2.45. The van der Waals surface area contributed by atoms with Gasteiger partial charge in [-0.2, -0.15) is 0 Å². The van der Waals surface area contributed by atoms with Crippen molar-refractivity contribution in [2.75, 3.05) is 0 Å². The van der Waals surface area contributed by atoms with Crippen LogP contribution in [-0.4, -0.2) is 13.3 Å². The van der Waals surface area contributed by atoms with E-state index >= 15 is 0 Å². The van der Waals surface area contributed by atoms with E-state index < -0.39 is 9.05 Å². The van der Waals surface area contributed by atoms with Gasteiger partial charge in [0.15, 0.2) is 0 Å². The van der Waals surface area contributed by atoms with Gasteiger partial charge in [0.1, 0.15) is 0 Å². The molecule has 0 saturated carbocycles. The van der Waals surface area contributed by atoms with Gasteiger partial charge in [-0.05, 0) is 11.2 Å². The van der Waals surface area contributed by atoms with Crippen LogP contribution in [-0.2, 0) is 37.0 Å². The van der Waals surface area contributed by atoms with Crippen LogP contribution in [0.4, 0.5) is 0 Å². The van der Waals surface area contributed by atoms with Crippen LogP contribution in [0, 0.1) is 0 Å². The van der Waals surface area contributed by atoms with Gasteiger partial charge in [-0.3, -0.25) is 4.21 Å². The molecular formula is H3CoNO3S2. The summed E-state index contributed by atoms with van der Waals surface area (Å²) in [6.45, 7) is 0. The van der Waals surface area contributed by atoms with E-state index in [2.05, 4.69) is 11.2 Å². The molecule has 4 nitrogen and oxygen atoms in total. The quantitative estimate of drug-likeness (QED) is 0.534. The maximum absolute atomic E-state index is 8.89. The van der Waals surface area contributed by atoms with Gasteiger partial charge in [-0.15, -0.1) is 9.05 Å². The maximum atomic E-state index is 8.89. The number of hydrogen-bond donors (Lipinski definition) is 1. The number of hydrogen-bond acceptors (Lipinski definition) is 5. The van der Waals surface area contributed by atoms with Crippen LogP contribution in [0.1, 0.15) is 0 Å². The Bertz CT molecular complexity index is 96.1. The third kappa shape index (κ3) is 267. The summed E-state index contributed by atoms with van der Waals surface area (Å²) in [5.74, 6) is 0. The van der Waals surface area contributed by atoms with Crippen molar-refractivity contribution in [2.45, 2.75) is 0 Å². The summed E-state index contributed by atoms with van der Waals surface area (Å²) in [6.07, 6.45) is 0. The smallest absolute Gasteiger partial charge is 0.780 e. The average Bonchev–Trinajstić information content (AvgIpc) is 0.722. The van der Waals surface area contributed by atoms with E-state index in [4.69, 9.17) is 13.3 Å². The topological polar surface area (TPSA) is 98.2 Å². The second-order valence-electron chi connectivity index (χ2n) is 0.408. The molecule has 47 valence electrons. The van der Waals surface area contributed by atoms with Crippen molar-refractivity contribution < 1.29 is 30.1 Å². The molecule has 0 aromatic heterocycles. The van der Waals surface area contributed by atoms with E-state index in [1.54, 1.807) is 0 Å². The summed E-state index contributed by atoms with van der Waals surface area (Å²) in [6, 6.07) is 0. The second kappa shape index (κ2) is 4.90. The van der Waals surface area contributed by atoms with Gasteiger partial charge in [0.05, 0.1) is 0 Å². The molecule has 0 saturated heterocycles. The fourth-order valence-corrected chi connectivity index (χ4v) is 0. The van der Waals surface area contributed by atoms with Gasteiger partial charge in [-0.1, -0.05) is 0 Å². The van der Waals surface area contributed by atoms with Crippen molar-refractivity contribution in [2.24, 2.45) is 0 Å². The molecule has 0 amide bonds. The summed E-state index contributed by atoms with van der Waals surface area (Å²) in [7, 11) is -4.33. The number of rotatable bonds is 0. The van der Waals surface area contributed by atoms with Crippen molar-refractivity contribution >= 4 is 20.2 Å². The summed E-state index contributed by atoms with van der Waals surface area (Å²) in [5, 5.41) is 0. The molecule has 0 aliphatic rings. The molecule has 0 aromatic rings. The third-order valence-electron chi connectivity index (χ3n) is 0. The van der Waals surface area contributed by atoms with Crippen molar-refractivity contribution in [3.05, 3.63) is 0 Å². The Hall–Kier alpha value is 0.756. The molecule has 0 unspecified atom stereocenters. The van der Waals surface area contributed by atoms with E-state index in [9.17, 15) is 0 Å². The predicted octanol–water partition coefficient (Wildman–Crippen LogP) is -0.847. The first-order chi connectivity index (χ1) is 2.00. The normalized spacial score (nSPS) is 8.29. The fraction of sp³-hybridized carbons (Fsp3) is 0. The maximum Gasteiger partial charge on any atom is 2.00 e. The first kappa shape index (κ1) is 15.7. The van der Waals surface area contributed by atoms with E-state index in [-0.39, 0.29) is 22.9 Å². The van der Waals surface area contributed by atoms with Gasteiger partial charge in [0.25, 0.3) is 0 Å². The Kier molecular flexibility index (Phi) is 11.0. The zero-order valence-electron chi connectivity index (χ0n) is 3.08. The molecule has 0 aromatic carbocycles. The molecule has 1 radical (unpaired) electrons.